The molecule has 34 heavy (non-hydrogen) atoms. The van der Waals surface area contributed by atoms with Gasteiger partial charge < -0.3 is 4.74 Å². The van der Waals surface area contributed by atoms with Crippen LogP contribution < -0.4 is 10.3 Å². The minimum atomic E-state index is -0.191. The Kier molecular flexibility index (Phi) is 5.67. The van der Waals surface area contributed by atoms with Crippen molar-refractivity contribution in [2.24, 2.45) is 0 Å². The summed E-state index contributed by atoms with van der Waals surface area (Å²) in [6, 6.07) is 21.1. The fourth-order valence-corrected chi connectivity index (χ4v) is 4.06. The molecule has 6 nitrogen and oxygen atoms in total. The number of fused-ring (bicyclic) bond motifs is 1. The molecular formula is C27H23ClN4O2. The molecule has 0 spiro atoms. The van der Waals surface area contributed by atoms with Crippen molar-refractivity contribution in [2.75, 3.05) is 0 Å². The van der Waals surface area contributed by atoms with Gasteiger partial charge in [-0.2, -0.15) is 5.10 Å². The Labute approximate surface area is 202 Å². The van der Waals surface area contributed by atoms with Crippen molar-refractivity contribution < 1.29 is 4.74 Å². The van der Waals surface area contributed by atoms with E-state index in [1.807, 2.05) is 81.4 Å². The molecule has 0 saturated carbocycles. The predicted octanol–water partition coefficient (Wildman–Crippen LogP) is 5.70. The van der Waals surface area contributed by atoms with Crippen LogP contribution in [-0.2, 0) is 6.61 Å². The topological polar surface area (TPSA) is 61.4 Å². The van der Waals surface area contributed by atoms with E-state index in [2.05, 4.69) is 0 Å². The van der Waals surface area contributed by atoms with Gasteiger partial charge in [0.05, 0.1) is 16.9 Å². The summed E-state index contributed by atoms with van der Waals surface area (Å²) in [7, 11) is 0. The number of nitrogens with zero attached hydrogens (tertiary/aromatic N) is 4. The van der Waals surface area contributed by atoms with Crippen molar-refractivity contribution in [3.05, 3.63) is 111 Å². The van der Waals surface area contributed by atoms with Crippen LogP contribution in [0, 0.1) is 20.8 Å². The summed E-state index contributed by atoms with van der Waals surface area (Å²) in [6.45, 7) is 6.21. The number of pyridine rings is 1. The van der Waals surface area contributed by atoms with Gasteiger partial charge in [0, 0.05) is 16.9 Å². The average Bonchev–Trinajstić information content (AvgIpc) is 3.20. The van der Waals surface area contributed by atoms with E-state index in [0.29, 0.717) is 40.0 Å². The van der Waals surface area contributed by atoms with Crippen LogP contribution in [0.25, 0.3) is 22.6 Å². The summed E-state index contributed by atoms with van der Waals surface area (Å²) >= 11 is 6.02. The molecule has 0 aliphatic heterocycles. The Morgan fingerprint density at radius 1 is 0.971 bits per heavy atom. The van der Waals surface area contributed by atoms with Crippen molar-refractivity contribution in [3.63, 3.8) is 0 Å². The molecule has 5 rings (SSSR count). The van der Waals surface area contributed by atoms with Gasteiger partial charge in [-0.25, -0.2) is 9.67 Å². The first-order valence-electron chi connectivity index (χ1n) is 10.9. The first-order valence-corrected chi connectivity index (χ1v) is 11.3. The van der Waals surface area contributed by atoms with Gasteiger partial charge in [0.1, 0.15) is 12.3 Å². The number of hydrogen-bond donors (Lipinski definition) is 0. The standard InChI is InChI=1S/C27H23ClN4O2/c1-17-6-8-20(9-7-17)16-34-24-5-4-14-31-26(24)29-19(3)25(27(31)33)23-15-18(2)32(30-23)22-12-10-21(28)11-13-22/h4-15H,16H2,1-3H3. The highest BCUT2D eigenvalue weighted by molar-refractivity contribution is 6.30. The van der Waals surface area contributed by atoms with Crippen molar-refractivity contribution in [1.29, 1.82) is 0 Å². The normalized spacial score (nSPS) is 11.2. The fraction of sp³-hybridized carbons (Fsp3) is 0.148. The Morgan fingerprint density at radius 2 is 1.71 bits per heavy atom. The molecule has 0 radical (unpaired) electrons. The summed E-state index contributed by atoms with van der Waals surface area (Å²) in [5.74, 6) is 0.553. The zero-order valence-electron chi connectivity index (χ0n) is 19.1. The van der Waals surface area contributed by atoms with Crippen molar-refractivity contribution >= 4 is 17.2 Å². The molecule has 0 N–H and O–H groups in total. The van der Waals surface area contributed by atoms with Crippen molar-refractivity contribution in [2.45, 2.75) is 27.4 Å². The maximum absolute atomic E-state index is 13.5. The van der Waals surface area contributed by atoms with Crippen LogP contribution in [0.1, 0.15) is 22.5 Å². The Morgan fingerprint density at radius 3 is 2.44 bits per heavy atom. The highest BCUT2D eigenvalue weighted by Crippen LogP contribution is 2.25. The zero-order valence-corrected chi connectivity index (χ0v) is 19.9. The summed E-state index contributed by atoms with van der Waals surface area (Å²) < 4.78 is 9.35. The number of rotatable bonds is 5. The first kappa shape index (κ1) is 21.9. The third kappa shape index (κ3) is 4.08. The molecule has 0 amide bonds. The second-order valence-corrected chi connectivity index (χ2v) is 8.71. The summed E-state index contributed by atoms with van der Waals surface area (Å²) in [4.78, 5) is 18.2. The zero-order chi connectivity index (χ0) is 23.8. The molecule has 0 fully saturated rings. The lowest BCUT2D eigenvalue weighted by molar-refractivity contribution is 0.308. The molecule has 0 aliphatic carbocycles. The van der Waals surface area contributed by atoms with Gasteiger partial charge in [-0.15, -0.1) is 0 Å². The molecule has 0 atom stereocenters. The van der Waals surface area contributed by atoms with Crippen LogP contribution in [0.5, 0.6) is 5.75 Å². The largest absolute Gasteiger partial charge is 0.485 e. The smallest absolute Gasteiger partial charge is 0.267 e. The minimum Gasteiger partial charge on any atom is -0.485 e. The number of ether oxygens (including phenoxy) is 1. The maximum atomic E-state index is 13.5. The lowest BCUT2D eigenvalue weighted by Crippen LogP contribution is -2.19. The maximum Gasteiger partial charge on any atom is 0.267 e. The van der Waals surface area contributed by atoms with E-state index in [0.717, 1.165) is 16.9 Å². The van der Waals surface area contributed by atoms with Crippen molar-refractivity contribution in [1.82, 2.24) is 19.2 Å². The van der Waals surface area contributed by atoms with E-state index < -0.39 is 0 Å². The lowest BCUT2D eigenvalue weighted by Gasteiger charge is -2.12. The molecule has 3 aromatic heterocycles. The SMILES string of the molecule is Cc1ccc(COc2cccn3c(=O)c(-c4cc(C)n(-c5ccc(Cl)cc5)n4)c(C)nc23)cc1. The monoisotopic (exact) mass is 470 g/mol. The molecule has 3 heterocycles. The van der Waals surface area contributed by atoms with Crippen LogP contribution in [0.15, 0.2) is 77.7 Å². The minimum absolute atomic E-state index is 0.191. The van der Waals surface area contributed by atoms with Gasteiger partial charge >= 0.3 is 0 Å². The molecule has 2 aromatic carbocycles. The summed E-state index contributed by atoms with van der Waals surface area (Å²) in [5.41, 5.74) is 5.93. The van der Waals surface area contributed by atoms with Gasteiger partial charge in [-0.1, -0.05) is 41.4 Å². The molecule has 0 aliphatic rings. The van der Waals surface area contributed by atoms with Gasteiger partial charge in [0.15, 0.2) is 11.4 Å². The van der Waals surface area contributed by atoms with Crippen LogP contribution in [0.4, 0.5) is 0 Å². The van der Waals surface area contributed by atoms with Crippen LogP contribution >= 0.6 is 11.6 Å². The quantitative estimate of drug-likeness (QED) is 0.330. The number of halogens is 1. The lowest BCUT2D eigenvalue weighted by atomic mass is 10.1. The molecule has 170 valence electrons. The number of aryl methyl sites for hydroxylation is 3. The van der Waals surface area contributed by atoms with E-state index in [9.17, 15) is 4.79 Å². The van der Waals surface area contributed by atoms with Gasteiger partial charge in [-0.3, -0.25) is 9.20 Å². The van der Waals surface area contributed by atoms with Gasteiger partial charge in [-0.05, 0) is 68.8 Å². The van der Waals surface area contributed by atoms with E-state index in [1.54, 1.807) is 16.9 Å². The van der Waals surface area contributed by atoms with Gasteiger partial charge in [0.25, 0.3) is 5.56 Å². The van der Waals surface area contributed by atoms with Crippen molar-refractivity contribution in [3.8, 4) is 22.7 Å². The number of benzene rings is 2. The molecule has 0 unspecified atom stereocenters. The van der Waals surface area contributed by atoms with E-state index in [1.165, 1.54) is 9.96 Å². The summed E-state index contributed by atoms with van der Waals surface area (Å²) in [6.07, 6.45) is 1.70. The Balaban J connectivity index is 1.54. The predicted molar refractivity (Wildman–Crippen MR) is 134 cm³/mol. The van der Waals surface area contributed by atoms with Crippen LogP contribution in [-0.4, -0.2) is 19.2 Å². The molecule has 5 aromatic rings. The molecule has 0 bridgehead atoms. The second-order valence-electron chi connectivity index (χ2n) is 8.28. The first-order chi connectivity index (χ1) is 16.4. The van der Waals surface area contributed by atoms with Gasteiger partial charge in [0.2, 0.25) is 0 Å². The Hall–Kier alpha value is -3.90. The van der Waals surface area contributed by atoms with Crippen LogP contribution in [0.3, 0.4) is 0 Å². The molecule has 0 saturated heterocycles. The highest BCUT2D eigenvalue weighted by Gasteiger charge is 2.18. The Bertz CT molecular complexity index is 1550. The second kappa shape index (κ2) is 8.80. The molecular weight excluding hydrogens is 448 g/mol. The third-order valence-electron chi connectivity index (χ3n) is 5.73. The average molecular weight is 471 g/mol. The van der Waals surface area contributed by atoms with E-state index >= 15 is 0 Å². The summed E-state index contributed by atoms with van der Waals surface area (Å²) in [5, 5.41) is 5.36. The van der Waals surface area contributed by atoms with E-state index in [-0.39, 0.29) is 5.56 Å². The molecule has 7 heteroatoms. The van der Waals surface area contributed by atoms with Crippen LogP contribution in [0.2, 0.25) is 5.02 Å². The number of aromatic nitrogens is 4. The number of hydrogen-bond acceptors (Lipinski definition) is 4. The third-order valence-corrected chi connectivity index (χ3v) is 5.98. The highest BCUT2D eigenvalue weighted by atomic mass is 35.5. The fourth-order valence-electron chi connectivity index (χ4n) is 3.94. The van der Waals surface area contributed by atoms with E-state index in [4.69, 9.17) is 26.4 Å².